The van der Waals surface area contributed by atoms with Crippen molar-refractivity contribution in [3.05, 3.63) is 60.8 Å². The Balaban J connectivity index is 4.05. The number of nitrogens with zero attached hydrogens (tertiary/aromatic N) is 1. The average Bonchev–Trinajstić information content (AvgIpc) is 3.04. The van der Waals surface area contributed by atoms with Crippen molar-refractivity contribution in [1.82, 2.24) is 4.90 Å². The van der Waals surface area contributed by atoms with Gasteiger partial charge < -0.3 is 9.64 Å². The predicted octanol–water partition coefficient (Wildman–Crippen LogP) is 13.4. The minimum absolute atomic E-state index is 0.0631. The molecule has 0 aliphatic heterocycles. The van der Waals surface area contributed by atoms with E-state index in [0.717, 1.165) is 45.1 Å². The zero-order valence-corrected chi connectivity index (χ0v) is 31.2. The maximum atomic E-state index is 12.4. The van der Waals surface area contributed by atoms with Crippen LogP contribution in [0.5, 0.6) is 0 Å². The molecule has 0 aromatic heterocycles. The maximum Gasteiger partial charge on any atom is 0.330 e. The lowest BCUT2D eigenvalue weighted by atomic mass is 10.0. The second kappa shape index (κ2) is 37.6. The van der Waals surface area contributed by atoms with Crippen LogP contribution in [0.1, 0.15) is 181 Å². The van der Waals surface area contributed by atoms with Gasteiger partial charge in [0.25, 0.3) is 0 Å². The van der Waals surface area contributed by atoms with E-state index in [-0.39, 0.29) is 12.1 Å². The highest BCUT2D eigenvalue weighted by molar-refractivity contribution is 5.82. The van der Waals surface area contributed by atoms with Crippen LogP contribution < -0.4 is 0 Å². The fraction of sp³-hybridized carbons (Fsp3) is 0.744. The number of hydrogen-bond donors (Lipinski definition) is 0. The molecule has 0 aromatic rings. The lowest BCUT2D eigenvalue weighted by Gasteiger charge is -2.17. The second-order valence-electron chi connectivity index (χ2n) is 13.5. The maximum absolute atomic E-state index is 12.4. The Morgan fingerprint density at radius 1 is 0.500 bits per heavy atom. The summed E-state index contributed by atoms with van der Waals surface area (Å²) in [6.45, 7) is 5.28. The summed E-state index contributed by atoms with van der Waals surface area (Å²) in [6.07, 6.45) is 54.5. The molecular weight excluding hydrogens is 562 g/mol. The highest BCUT2D eigenvalue weighted by Crippen LogP contribution is 2.18. The van der Waals surface area contributed by atoms with E-state index in [1.807, 2.05) is 20.2 Å². The van der Waals surface area contributed by atoms with Crippen LogP contribution in [-0.4, -0.2) is 37.6 Å². The number of esters is 1. The Bertz CT molecular complexity index is 728. The zero-order chi connectivity index (χ0) is 33.6. The third kappa shape index (κ3) is 36.6. The molecular formula is C43H77NO2. The summed E-state index contributed by atoms with van der Waals surface area (Å²) in [4.78, 5) is 14.5. The van der Waals surface area contributed by atoms with E-state index < -0.39 is 0 Å². The molecule has 0 aliphatic carbocycles. The van der Waals surface area contributed by atoms with Gasteiger partial charge in [-0.05, 0) is 104 Å². The third-order valence-electron chi connectivity index (χ3n) is 8.46. The Labute approximate surface area is 288 Å². The standard InChI is InChI=1S/C43H77NO2/c1-5-7-9-11-13-15-17-19-21-23-25-27-29-31-33-35-38-42(46-43(45)40-37-41-44(3)4)39-36-34-32-30-28-26-24-22-20-18-16-14-12-10-8-6-2/h13-16,19-22,37,40,42H,5-12,17-18,23-36,38-39,41H2,1-4H3/b15-13+,16-14+,21-19+,22-20+,40-37+. The van der Waals surface area contributed by atoms with Crippen LogP contribution >= 0.6 is 0 Å². The number of hydrogen-bond acceptors (Lipinski definition) is 3. The second-order valence-corrected chi connectivity index (χ2v) is 13.5. The summed E-state index contributed by atoms with van der Waals surface area (Å²) < 4.78 is 5.91. The van der Waals surface area contributed by atoms with Gasteiger partial charge in [-0.2, -0.15) is 0 Å². The summed E-state index contributed by atoms with van der Waals surface area (Å²) in [5, 5.41) is 0. The van der Waals surface area contributed by atoms with Crippen molar-refractivity contribution in [2.24, 2.45) is 0 Å². The smallest absolute Gasteiger partial charge is 0.330 e. The normalized spacial score (nSPS) is 12.6. The fourth-order valence-electron chi connectivity index (χ4n) is 5.55. The van der Waals surface area contributed by atoms with E-state index in [0.29, 0.717) is 0 Å². The molecule has 3 heteroatoms. The molecule has 0 amide bonds. The number of carbonyl (C=O) groups excluding carboxylic acids is 1. The Morgan fingerprint density at radius 2 is 0.870 bits per heavy atom. The van der Waals surface area contributed by atoms with Crippen LogP contribution in [0, 0.1) is 0 Å². The van der Waals surface area contributed by atoms with Crippen LogP contribution in [0.15, 0.2) is 60.8 Å². The number of ether oxygens (including phenoxy) is 1. The van der Waals surface area contributed by atoms with Gasteiger partial charge in [-0.1, -0.05) is 146 Å². The van der Waals surface area contributed by atoms with E-state index in [1.165, 1.54) is 128 Å². The van der Waals surface area contributed by atoms with E-state index >= 15 is 0 Å². The van der Waals surface area contributed by atoms with Crippen molar-refractivity contribution in [3.63, 3.8) is 0 Å². The molecule has 0 unspecified atom stereocenters. The van der Waals surface area contributed by atoms with Crippen molar-refractivity contribution in [2.75, 3.05) is 20.6 Å². The zero-order valence-electron chi connectivity index (χ0n) is 31.2. The van der Waals surface area contributed by atoms with Crippen LogP contribution in [0.2, 0.25) is 0 Å². The molecule has 46 heavy (non-hydrogen) atoms. The number of unbranched alkanes of at least 4 members (excludes halogenated alkanes) is 18. The highest BCUT2D eigenvalue weighted by atomic mass is 16.5. The van der Waals surface area contributed by atoms with Crippen LogP contribution in [0.4, 0.5) is 0 Å². The van der Waals surface area contributed by atoms with Crippen molar-refractivity contribution in [3.8, 4) is 0 Å². The molecule has 0 aliphatic rings. The molecule has 0 rings (SSSR count). The molecule has 3 nitrogen and oxygen atoms in total. The van der Waals surface area contributed by atoms with Gasteiger partial charge in [0.1, 0.15) is 6.10 Å². The minimum Gasteiger partial charge on any atom is -0.459 e. The molecule has 266 valence electrons. The van der Waals surface area contributed by atoms with Gasteiger partial charge in [-0.3, -0.25) is 0 Å². The predicted molar refractivity (Wildman–Crippen MR) is 206 cm³/mol. The molecule has 0 radical (unpaired) electrons. The number of likely N-dealkylation sites (N-methyl/N-ethyl adjacent to an activating group) is 1. The Kier molecular flexibility index (Phi) is 36.1. The van der Waals surface area contributed by atoms with Gasteiger partial charge >= 0.3 is 5.97 Å². The number of carbonyl (C=O) groups is 1. The van der Waals surface area contributed by atoms with Crippen molar-refractivity contribution in [2.45, 2.75) is 187 Å². The quantitative estimate of drug-likeness (QED) is 0.0304. The minimum atomic E-state index is -0.174. The van der Waals surface area contributed by atoms with Gasteiger partial charge in [-0.25, -0.2) is 4.79 Å². The Hall–Kier alpha value is -1.87. The molecule has 0 fully saturated rings. The van der Waals surface area contributed by atoms with Crippen LogP contribution in [0.3, 0.4) is 0 Å². The van der Waals surface area contributed by atoms with Crippen LogP contribution in [-0.2, 0) is 9.53 Å². The molecule has 0 atom stereocenters. The van der Waals surface area contributed by atoms with Gasteiger partial charge in [0.2, 0.25) is 0 Å². The first-order chi connectivity index (χ1) is 22.6. The van der Waals surface area contributed by atoms with Gasteiger partial charge in [-0.15, -0.1) is 0 Å². The van der Waals surface area contributed by atoms with Gasteiger partial charge in [0.15, 0.2) is 0 Å². The highest BCUT2D eigenvalue weighted by Gasteiger charge is 2.12. The Morgan fingerprint density at radius 3 is 1.26 bits per heavy atom. The monoisotopic (exact) mass is 640 g/mol. The first-order valence-electron chi connectivity index (χ1n) is 19.7. The molecule has 0 aromatic carbocycles. The molecule has 0 N–H and O–H groups in total. The SMILES string of the molecule is CCCCC/C=C/C/C=C/CCCCCCCCC(CCCCCCCC/C=C/C/C=C/CCCCC)OC(=O)/C=C/CN(C)C. The lowest BCUT2D eigenvalue weighted by Crippen LogP contribution is -2.17. The van der Waals surface area contributed by atoms with Gasteiger partial charge in [0.05, 0.1) is 0 Å². The topological polar surface area (TPSA) is 29.5 Å². The van der Waals surface area contributed by atoms with Gasteiger partial charge in [0, 0.05) is 12.6 Å². The largest absolute Gasteiger partial charge is 0.459 e. The molecule has 0 spiro atoms. The van der Waals surface area contributed by atoms with Crippen molar-refractivity contribution in [1.29, 1.82) is 0 Å². The molecule has 0 bridgehead atoms. The summed E-state index contributed by atoms with van der Waals surface area (Å²) in [6, 6.07) is 0. The van der Waals surface area contributed by atoms with Crippen LogP contribution in [0.25, 0.3) is 0 Å². The number of rotatable bonds is 34. The average molecular weight is 640 g/mol. The summed E-state index contributed by atoms with van der Waals surface area (Å²) in [5.74, 6) is -0.174. The number of allylic oxidation sites excluding steroid dienone is 8. The molecule has 0 heterocycles. The molecule has 0 saturated carbocycles. The summed E-state index contributed by atoms with van der Waals surface area (Å²) in [7, 11) is 4.02. The third-order valence-corrected chi connectivity index (χ3v) is 8.46. The first kappa shape index (κ1) is 44.1. The lowest BCUT2D eigenvalue weighted by molar-refractivity contribution is -0.143. The van der Waals surface area contributed by atoms with E-state index in [1.54, 1.807) is 6.08 Å². The fourth-order valence-corrected chi connectivity index (χ4v) is 5.55. The van der Waals surface area contributed by atoms with E-state index in [4.69, 9.17) is 4.74 Å². The van der Waals surface area contributed by atoms with Crippen molar-refractivity contribution >= 4 is 5.97 Å². The molecule has 0 saturated heterocycles. The van der Waals surface area contributed by atoms with E-state index in [9.17, 15) is 4.79 Å². The first-order valence-corrected chi connectivity index (χ1v) is 19.7. The van der Waals surface area contributed by atoms with E-state index in [2.05, 4.69) is 67.4 Å². The summed E-state index contributed by atoms with van der Waals surface area (Å²) >= 11 is 0. The van der Waals surface area contributed by atoms with Crippen molar-refractivity contribution < 1.29 is 9.53 Å². The summed E-state index contributed by atoms with van der Waals surface area (Å²) in [5.41, 5.74) is 0.